The van der Waals surface area contributed by atoms with Crippen LogP contribution in [0.2, 0.25) is 0 Å². The molecule has 190 valence electrons. The zero-order valence-electron chi connectivity index (χ0n) is 19.0. The summed E-state index contributed by atoms with van der Waals surface area (Å²) in [6.45, 7) is 0.562. The van der Waals surface area contributed by atoms with Gasteiger partial charge in [-0.25, -0.2) is 4.39 Å². The number of β-lactam (4-membered cyclic amide) rings is 1. The highest BCUT2D eigenvalue weighted by Gasteiger charge is 2.53. The van der Waals surface area contributed by atoms with Crippen molar-refractivity contribution in [3.8, 4) is 0 Å². The number of carbonyl (C=O) groups excluding carboxylic acids is 3. The number of nitrogen functional groups attached to an aromatic ring is 1. The molecule has 2 aliphatic rings. The molecule has 1 aromatic heterocycles. The number of aromatic nitrogens is 2. The number of likely N-dealkylation sites (N-methyl/N-ethyl adjacent to an activating group) is 1. The maximum atomic E-state index is 12.8. The first kappa shape index (κ1) is 26.5. The fourth-order valence-corrected chi connectivity index (χ4v) is 5.25. The van der Waals surface area contributed by atoms with Crippen LogP contribution in [-0.2, 0) is 19.2 Å². The Balaban J connectivity index is 1.76. The van der Waals surface area contributed by atoms with Crippen LogP contribution in [-0.4, -0.2) is 100.0 Å². The number of carboxylic acid groups (broad SMARTS) is 1. The van der Waals surface area contributed by atoms with Crippen molar-refractivity contribution in [1.29, 1.82) is 0 Å². The Morgan fingerprint density at radius 2 is 2.20 bits per heavy atom. The van der Waals surface area contributed by atoms with E-state index in [0.29, 0.717) is 23.1 Å². The van der Waals surface area contributed by atoms with E-state index in [0.717, 1.165) is 23.0 Å². The zero-order valence-corrected chi connectivity index (χ0v) is 20.6. The SMILES string of the molecule is C[N+](C)(C/C=C/C1=C(C(=O)[O-])N2C(=O)[C@@H](NC(=O)/C(=N\OCF)c3nsc(N)n3)[C@@H]2SC1)CCN. The predicted molar refractivity (Wildman–Crippen MR) is 125 cm³/mol. The first-order valence-corrected chi connectivity index (χ1v) is 12.2. The second-order valence-corrected chi connectivity index (χ2v) is 10.1. The van der Waals surface area contributed by atoms with Crippen molar-refractivity contribution in [1.82, 2.24) is 19.6 Å². The molecule has 13 nitrogen and oxygen atoms in total. The van der Waals surface area contributed by atoms with E-state index in [-0.39, 0.29) is 22.4 Å². The number of halogens is 1. The molecular weight excluding hydrogens is 503 g/mol. The fourth-order valence-electron chi connectivity index (χ4n) is 3.49. The molecule has 0 unspecified atom stereocenters. The van der Waals surface area contributed by atoms with Gasteiger partial charge in [0.15, 0.2) is 5.13 Å². The number of anilines is 1. The number of carbonyl (C=O) groups is 3. The number of allylic oxidation sites excluding steroid dienone is 1. The largest absolute Gasteiger partial charge is 0.543 e. The molecule has 0 spiro atoms. The van der Waals surface area contributed by atoms with Gasteiger partial charge < -0.3 is 36.0 Å². The number of nitrogens with two attached hydrogens (primary N) is 2. The van der Waals surface area contributed by atoms with Gasteiger partial charge in [-0.05, 0) is 11.6 Å². The summed E-state index contributed by atoms with van der Waals surface area (Å²) in [6.07, 6.45) is 3.50. The van der Waals surface area contributed by atoms with Gasteiger partial charge in [-0.3, -0.25) is 14.5 Å². The van der Waals surface area contributed by atoms with Gasteiger partial charge in [-0.2, -0.15) is 9.36 Å². The molecule has 5 N–H and O–H groups in total. The van der Waals surface area contributed by atoms with E-state index in [9.17, 15) is 23.9 Å². The highest BCUT2D eigenvalue weighted by Crippen LogP contribution is 2.40. The third-order valence-electron chi connectivity index (χ3n) is 5.20. The number of amides is 2. The summed E-state index contributed by atoms with van der Waals surface area (Å²) >= 11 is 2.07. The summed E-state index contributed by atoms with van der Waals surface area (Å²) in [6, 6.07) is -1.06. The number of aliphatic carboxylic acids is 1. The summed E-state index contributed by atoms with van der Waals surface area (Å²) < 4.78 is 16.9. The number of hydrogen-bond acceptors (Lipinski definition) is 12. The second-order valence-electron chi connectivity index (χ2n) is 8.19. The van der Waals surface area contributed by atoms with Crippen molar-refractivity contribution < 1.29 is 33.2 Å². The summed E-state index contributed by atoms with van der Waals surface area (Å²) in [7, 11) is 3.99. The Morgan fingerprint density at radius 1 is 1.46 bits per heavy atom. The molecule has 1 aromatic rings. The summed E-state index contributed by atoms with van der Waals surface area (Å²) in [5.74, 6) is -2.96. The van der Waals surface area contributed by atoms with Crippen LogP contribution in [0.5, 0.6) is 0 Å². The minimum atomic E-state index is -1.50. The number of fused-ring (bicyclic) bond motifs is 1. The zero-order chi connectivity index (χ0) is 25.8. The molecule has 0 aliphatic carbocycles. The fraction of sp³-hybridized carbons (Fsp3) is 0.474. The van der Waals surface area contributed by atoms with E-state index in [4.69, 9.17) is 11.5 Å². The number of thioether (sulfide) groups is 1. The van der Waals surface area contributed by atoms with Crippen LogP contribution in [0, 0.1) is 0 Å². The lowest BCUT2D eigenvalue weighted by Crippen LogP contribution is -2.71. The van der Waals surface area contributed by atoms with Crippen molar-refractivity contribution in [2.45, 2.75) is 11.4 Å². The van der Waals surface area contributed by atoms with Crippen molar-refractivity contribution in [3.05, 3.63) is 29.2 Å². The van der Waals surface area contributed by atoms with Crippen molar-refractivity contribution in [2.24, 2.45) is 10.9 Å². The average Bonchev–Trinajstić information content (AvgIpc) is 3.22. The van der Waals surface area contributed by atoms with E-state index in [1.807, 2.05) is 20.2 Å². The van der Waals surface area contributed by atoms with Gasteiger partial charge in [-0.1, -0.05) is 11.2 Å². The molecule has 2 aliphatic heterocycles. The number of quaternary nitrogens is 1. The Hall–Kier alpha value is -3.08. The monoisotopic (exact) mass is 528 g/mol. The number of rotatable bonds is 11. The standard InChI is InChI=1S/C19H25FN8O5S2/c1-28(2,7-5-21)6-3-4-10-8-34-17-12(16(30)27(17)13(10)18(31)32)23-15(29)11(25-33-9-20)14-24-19(22)35-26-14/h3-4,12,17H,5-9,21H2,1-2H3,(H3-,22,23,24,26,29,31,32)/b4-3+,25-11-/t12-,17+/m1/s1. The molecule has 0 aromatic carbocycles. The molecule has 0 bridgehead atoms. The van der Waals surface area contributed by atoms with E-state index in [2.05, 4.69) is 24.7 Å². The molecule has 0 saturated carbocycles. The van der Waals surface area contributed by atoms with Crippen LogP contribution in [0.25, 0.3) is 0 Å². The number of hydrogen-bond donors (Lipinski definition) is 3. The van der Waals surface area contributed by atoms with E-state index in [1.54, 1.807) is 6.08 Å². The van der Waals surface area contributed by atoms with Crippen LogP contribution < -0.4 is 21.9 Å². The lowest BCUT2D eigenvalue weighted by Gasteiger charge is -2.50. The Bertz CT molecular complexity index is 1090. The van der Waals surface area contributed by atoms with Crippen molar-refractivity contribution >= 4 is 51.9 Å². The lowest BCUT2D eigenvalue weighted by molar-refractivity contribution is -0.883. The molecule has 35 heavy (non-hydrogen) atoms. The maximum Gasteiger partial charge on any atom is 0.278 e. The van der Waals surface area contributed by atoms with Gasteiger partial charge in [0.1, 0.15) is 11.4 Å². The summed E-state index contributed by atoms with van der Waals surface area (Å²) in [5.41, 5.74) is 10.9. The number of alkyl halides is 1. The van der Waals surface area contributed by atoms with E-state index in [1.165, 1.54) is 11.8 Å². The summed E-state index contributed by atoms with van der Waals surface area (Å²) in [4.78, 5) is 46.7. The molecule has 0 radical (unpaired) electrons. The van der Waals surface area contributed by atoms with E-state index >= 15 is 0 Å². The van der Waals surface area contributed by atoms with Gasteiger partial charge >= 0.3 is 0 Å². The highest BCUT2D eigenvalue weighted by molar-refractivity contribution is 8.00. The third kappa shape index (κ3) is 5.95. The van der Waals surface area contributed by atoms with Gasteiger partial charge in [0.25, 0.3) is 18.7 Å². The topological polar surface area (TPSA) is 189 Å². The molecule has 3 rings (SSSR count). The number of carboxylic acids is 1. The van der Waals surface area contributed by atoms with Gasteiger partial charge in [0.2, 0.25) is 11.5 Å². The highest BCUT2D eigenvalue weighted by atomic mass is 32.2. The van der Waals surface area contributed by atoms with E-state index < -0.39 is 41.8 Å². The maximum absolute atomic E-state index is 12.8. The summed E-state index contributed by atoms with van der Waals surface area (Å²) in [5, 5.41) is 17.1. The molecule has 3 heterocycles. The van der Waals surface area contributed by atoms with Gasteiger partial charge in [-0.15, -0.1) is 11.8 Å². The first-order valence-electron chi connectivity index (χ1n) is 10.3. The predicted octanol–water partition coefficient (Wildman–Crippen LogP) is -2.24. The Labute approximate surface area is 208 Å². The average molecular weight is 529 g/mol. The van der Waals surface area contributed by atoms with Crippen LogP contribution in [0.3, 0.4) is 0 Å². The molecular formula is C19H25FN8O5S2. The lowest BCUT2D eigenvalue weighted by atomic mass is 10.0. The second kappa shape index (κ2) is 11.1. The molecule has 1 saturated heterocycles. The van der Waals surface area contributed by atoms with Gasteiger partial charge in [0.05, 0.1) is 38.9 Å². The molecule has 2 amide bonds. The van der Waals surface area contributed by atoms with Crippen molar-refractivity contribution in [3.63, 3.8) is 0 Å². The quantitative estimate of drug-likeness (QED) is 0.123. The molecule has 1 fully saturated rings. The van der Waals surface area contributed by atoms with Crippen molar-refractivity contribution in [2.75, 3.05) is 52.1 Å². The third-order valence-corrected chi connectivity index (χ3v) is 7.05. The number of nitrogens with zero attached hydrogens (tertiary/aromatic N) is 5. The van der Waals surface area contributed by atoms with Crippen LogP contribution >= 0.6 is 23.3 Å². The smallest absolute Gasteiger partial charge is 0.278 e. The minimum absolute atomic E-state index is 0.0454. The van der Waals surface area contributed by atoms with Crippen LogP contribution in [0.4, 0.5) is 9.52 Å². The Morgan fingerprint density at radius 3 is 2.80 bits per heavy atom. The number of nitrogens with one attached hydrogen (secondary N) is 1. The van der Waals surface area contributed by atoms with Gasteiger partial charge in [0, 0.05) is 23.8 Å². The van der Waals surface area contributed by atoms with Crippen LogP contribution in [0.15, 0.2) is 28.6 Å². The number of oxime groups is 1. The first-order chi connectivity index (χ1) is 16.6. The normalized spacial score (nSPS) is 20.6. The minimum Gasteiger partial charge on any atom is -0.543 e. The molecule has 2 atom stereocenters. The van der Waals surface area contributed by atoms with Crippen LogP contribution in [0.1, 0.15) is 5.82 Å². The Kier molecular flexibility index (Phi) is 8.42. The molecule has 16 heteroatoms.